The van der Waals surface area contributed by atoms with Gasteiger partial charge in [-0.3, -0.25) is 4.79 Å². The number of hydrogen-bond acceptors (Lipinski definition) is 3. The lowest BCUT2D eigenvalue weighted by molar-refractivity contribution is -0.122. The van der Waals surface area contributed by atoms with Crippen LogP contribution < -0.4 is 15.8 Å². The highest BCUT2D eigenvalue weighted by molar-refractivity contribution is 5.86. The van der Waals surface area contributed by atoms with Crippen LogP contribution in [0.3, 0.4) is 0 Å². The van der Waals surface area contributed by atoms with Crippen molar-refractivity contribution in [2.45, 2.75) is 18.9 Å². The van der Waals surface area contributed by atoms with Gasteiger partial charge in [0.1, 0.15) is 5.75 Å². The van der Waals surface area contributed by atoms with Crippen molar-refractivity contribution in [3.63, 3.8) is 0 Å². The molecular formula is C20H23N3O2. The molecular weight excluding hydrogens is 314 g/mol. The van der Waals surface area contributed by atoms with E-state index in [-0.39, 0.29) is 5.91 Å². The SMILES string of the molecule is COc1ccc(CCNC(=O)[C@@H](N)Cc2c[nH]c3ccccc23)cc1. The summed E-state index contributed by atoms with van der Waals surface area (Å²) in [5.41, 5.74) is 9.34. The fourth-order valence-corrected chi connectivity index (χ4v) is 2.88. The molecule has 1 amide bonds. The number of hydrogen-bond donors (Lipinski definition) is 3. The Kier molecular flexibility index (Phi) is 5.36. The normalized spacial score (nSPS) is 12.1. The van der Waals surface area contributed by atoms with Gasteiger partial charge in [-0.1, -0.05) is 30.3 Å². The molecule has 3 rings (SSSR count). The molecule has 0 spiro atoms. The first-order valence-electron chi connectivity index (χ1n) is 8.38. The molecule has 25 heavy (non-hydrogen) atoms. The van der Waals surface area contributed by atoms with Crippen LogP contribution in [0.2, 0.25) is 0 Å². The number of aromatic amines is 1. The van der Waals surface area contributed by atoms with Crippen LogP contribution in [0.5, 0.6) is 5.75 Å². The number of nitrogens with one attached hydrogen (secondary N) is 2. The fourth-order valence-electron chi connectivity index (χ4n) is 2.88. The van der Waals surface area contributed by atoms with E-state index in [0.717, 1.165) is 34.2 Å². The first-order chi connectivity index (χ1) is 12.2. The van der Waals surface area contributed by atoms with Crippen molar-refractivity contribution >= 4 is 16.8 Å². The van der Waals surface area contributed by atoms with Crippen LogP contribution in [0.15, 0.2) is 54.7 Å². The van der Waals surface area contributed by atoms with E-state index in [9.17, 15) is 4.79 Å². The quantitative estimate of drug-likeness (QED) is 0.619. The number of H-pyrrole nitrogens is 1. The molecule has 1 aromatic heterocycles. The van der Waals surface area contributed by atoms with E-state index in [4.69, 9.17) is 10.5 Å². The van der Waals surface area contributed by atoms with Crippen LogP contribution in [0.1, 0.15) is 11.1 Å². The Balaban J connectivity index is 1.50. The molecule has 5 heteroatoms. The Bertz CT molecular complexity index is 840. The molecule has 0 saturated heterocycles. The summed E-state index contributed by atoms with van der Waals surface area (Å²) in [5.74, 6) is 0.701. The van der Waals surface area contributed by atoms with Gasteiger partial charge in [-0.15, -0.1) is 0 Å². The molecule has 0 radical (unpaired) electrons. The summed E-state index contributed by atoms with van der Waals surface area (Å²) >= 11 is 0. The molecule has 0 bridgehead atoms. The molecule has 130 valence electrons. The first kappa shape index (κ1) is 17.0. The lowest BCUT2D eigenvalue weighted by Gasteiger charge is -2.12. The summed E-state index contributed by atoms with van der Waals surface area (Å²) in [6.07, 6.45) is 3.20. The molecule has 3 aromatic rings. The number of carbonyl (C=O) groups excluding carboxylic acids is 1. The molecule has 0 aliphatic carbocycles. The van der Waals surface area contributed by atoms with E-state index in [1.54, 1.807) is 7.11 Å². The van der Waals surface area contributed by atoms with E-state index in [1.165, 1.54) is 0 Å². The number of fused-ring (bicyclic) bond motifs is 1. The van der Waals surface area contributed by atoms with Crippen molar-refractivity contribution in [3.05, 3.63) is 65.9 Å². The van der Waals surface area contributed by atoms with Crippen molar-refractivity contribution < 1.29 is 9.53 Å². The number of nitrogens with two attached hydrogens (primary N) is 1. The highest BCUT2D eigenvalue weighted by Crippen LogP contribution is 2.18. The number of ether oxygens (including phenoxy) is 1. The minimum atomic E-state index is -0.560. The van der Waals surface area contributed by atoms with Gasteiger partial charge in [-0.05, 0) is 42.2 Å². The fraction of sp³-hybridized carbons (Fsp3) is 0.250. The maximum absolute atomic E-state index is 12.2. The third-order valence-corrected chi connectivity index (χ3v) is 4.32. The molecule has 0 saturated carbocycles. The Labute approximate surface area is 147 Å². The van der Waals surface area contributed by atoms with Crippen molar-refractivity contribution in [3.8, 4) is 5.75 Å². The second kappa shape index (κ2) is 7.85. The summed E-state index contributed by atoms with van der Waals surface area (Å²) in [5, 5.41) is 4.03. The van der Waals surface area contributed by atoms with Gasteiger partial charge in [0.15, 0.2) is 0 Å². The van der Waals surface area contributed by atoms with E-state index in [0.29, 0.717) is 13.0 Å². The van der Waals surface area contributed by atoms with Gasteiger partial charge in [-0.2, -0.15) is 0 Å². The van der Waals surface area contributed by atoms with Gasteiger partial charge >= 0.3 is 0 Å². The predicted octanol–water partition coefficient (Wildman–Crippen LogP) is 2.41. The molecule has 0 unspecified atom stereocenters. The van der Waals surface area contributed by atoms with Gasteiger partial charge in [0.2, 0.25) is 5.91 Å². The largest absolute Gasteiger partial charge is 0.497 e. The van der Waals surface area contributed by atoms with Crippen LogP contribution in [-0.4, -0.2) is 30.6 Å². The topological polar surface area (TPSA) is 80.1 Å². The number of para-hydroxylation sites is 1. The Hall–Kier alpha value is -2.79. The molecule has 2 aromatic carbocycles. The third kappa shape index (κ3) is 4.19. The second-order valence-corrected chi connectivity index (χ2v) is 6.06. The second-order valence-electron chi connectivity index (χ2n) is 6.06. The zero-order chi connectivity index (χ0) is 17.6. The highest BCUT2D eigenvalue weighted by atomic mass is 16.5. The number of aromatic nitrogens is 1. The van der Waals surface area contributed by atoms with Crippen LogP contribution in [0, 0.1) is 0 Å². The summed E-state index contributed by atoms with van der Waals surface area (Å²) in [4.78, 5) is 15.4. The number of amides is 1. The molecule has 0 aliphatic rings. The third-order valence-electron chi connectivity index (χ3n) is 4.32. The Morgan fingerprint density at radius 2 is 1.96 bits per heavy atom. The lowest BCUT2D eigenvalue weighted by Crippen LogP contribution is -2.42. The standard InChI is InChI=1S/C20H23N3O2/c1-25-16-8-6-14(7-9-16)10-11-22-20(24)18(21)12-15-13-23-19-5-3-2-4-17(15)19/h2-9,13,18,23H,10-12,21H2,1H3,(H,22,24)/t18-/m0/s1. The van der Waals surface area contributed by atoms with Crippen molar-refractivity contribution in [2.75, 3.05) is 13.7 Å². The Morgan fingerprint density at radius 1 is 1.20 bits per heavy atom. The first-order valence-corrected chi connectivity index (χ1v) is 8.38. The Morgan fingerprint density at radius 3 is 2.72 bits per heavy atom. The summed E-state index contributed by atoms with van der Waals surface area (Å²) in [6.45, 7) is 0.562. The monoisotopic (exact) mass is 337 g/mol. The smallest absolute Gasteiger partial charge is 0.237 e. The minimum absolute atomic E-state index is 0.126. The van der Waals surface area contributed by atoms with Crippen molar-refractivity contribution in [1.82, 2.24) is 10.3 Å². The minimum Gasteiger partial charge on any atom is -0.497 e. The predicted molar refractivity (Wildman–Crippen MR) is 99.7 cm³/mol. The molecule has 1 heterocycles. The zero-order valence-electron chi connectivity index (χ0n) is 14.3. The lowest BCUT2D eigenvalue weighted by atomic mass is 10.0. The summed E-state index contributed by atoms with van der Waals surface area (Å²) in [7, 11) is 1.64. The van der Waals surface area contributed by atoms with E-state index < -0.39 is 6.04 Å². The number of benzene rings is 2. The molecule has 4 N–H and O–H groups in total. The van der Waals surface area contributed by atoms with Crippen molar-refractivity contribution in [1.29, 1.82) is 0 Å². The molecule has 1 atom stereocenters. The molecule has 0 fully saturated rings. The van der Waals surface area contributed by atoms with Crippen LogP contribution in [-0.2, 0) is 17.6 Å². The van der Waals surface area contributed by atoms with E-state index in [2.05, 4.69) is 10.3 Å². The number of rotatable bonds is 7. The number of carbonyl (C=O) groups is 1. The van der Waals surface area contributed by atoms with E-state index in [1.807, 2.05) is 54.7 Å². The number of methoxy groups -OCH3 is 1. The van der Waals surface area contributed by atoms with Gasteiger partial charge in [-0.25, -0.2) is 0 Å². The zero-order valence-corrected chi connectivity index (χ0v) is 14.3. The summed E-state index contributed by atoms with van der Waals surface area (Å²) < 4.78 is 5.13. The van der Waals surface area contributed by atoms with Crippen LogP contribution in [0.25, 0.3) is 10.9 Å². The maximum atomic E-state index is 12.2. The van der Waals surface area contributed by atoms with Gasteiger partial charge in [0.05, 0.1) is 13.2 Å². The summed E-state index contributed by atoms with van der Waals surface area (Å²) in [6, 6.07) is 15.3. The van der Waals surface area contributed by atoms with E-state index >= 15 is 0 Å². The average Bonchev–Trinajstić information content (AvgIpc) is 3.05. The van der Waals surface area contributed by atoms with Crippen LogP contribution >= 0.6 is 0 Å². The molecule has 0 aliphatic heterocycles. The van der Waals surface area contributed by atoms with Crippen molar-refractivity contribution in [2.24, 2.45) is 5.73 Å². The highest BCUT2D eigenvalue weighted by Gasteiger charge is 2.15. The average molecular weight is 337 g/mol. The van der Waals surface area contributed by atoms with Crippen LogP contribution in [0.4, 0.5) is 0 Å². The van der Waals surface area contributed by atoms with Gasteiger partial charge in [0, 0.05) is 23.6 Å². The van der Waals surface area contributed by atoms with Gasteiger partial charge in [0.25, 0.3) is 0 Å². The maximum Gasteiger partial charge on any atom is 0.237 e. The molecule has 5 nitrogen and oxygen atoms in total. The van der Waals surface area contributed by atoms with Gasteiger partial charge < -0.3 is 20.8 Å².